The predicted octanol–water partition coefficient (Wildman–Crippen LogP) is 2.24. The Hall–Kier alpha value is -1.43. The van der Waals surface area contributed by atoms with Crippen molar-refractivity contribution in [2.45, 2.75) is 12.8 Å². The van der Waals surface area contributed by atoms with Gasteiger partial charge in [0.1, 0.15) is 0 Å². The summed E-state index contributed by atoms with van der Waals surface area (Å²) in [7, 11) is 1.53. The lowest BCUT2D eigenvalue weighted by Gasteiger charge is -2.09. The van der Waals surface area contributed by atoms with Gasteiger partial charge in [-0.25, -0.2) is 13.8 Å². The molecular weight excluding hydrogens is 240 g/mol. The molecule has 100 valence electrons. The molecule has 0 atom stereocenters. The Labute approximate surface area is 105 Å². The minimum absolute atomic E-state index is 0.0257. The van der Waals surface area contributed by atoms with Gasteiger partial charge in [-0.1, -0.05) is 0 Å². The van der Waals surface area contributed by atoms with Gasteiger partial charge >= 0.3 is 0 Å². The van der Waals surface area contributed by atoms with Crippen LogP contribution in [0.15, 0.2) is 6.07 Å². The molecule has 0 saturated heterocycles. The van der Waals surface area contributed by atoms with Gasteiger partial charge in [0.2, 0.25) is 0 Å². The molecule has 1 saturated carbocycles. The lowest BCUT2D eigenvalue weighted by Crippen LogP contribution is -2.13. The quantitative estimate of drug-likeness (QED) is 0.735. The van der Waals surface area contributed by atoms with Gasteiger partial charge in [0.15, 0.2) is 23.3 Å². The number of ether oxygens (including phenoxy) is 1. The van der Waals surface area contributed by atoms with Gasteiger partial charge in [-0.2, -0.15) is 0 Å². The van der Waals surface area contributed by atoms with Crippen molar-refractivity contribution in [1.29, 1.82) is 0 Å². The van der Waals surface area contributed by atoms with E-state index in [9.17, 15) is 8.78 Å². The van der Waals surface area contributed by atoms with E-state index in [1.165, 1.54) is 19.9 Å². The molecule has 1 heterocycles. The van der Waals surface area contributed by atoms with Crippen LogP contribution in [0, 0.1) is 17.6 Å². The van der Waals surface area contributed by atoms with Crippen LogP contribution in [0.2, 0.25) is 0 Å². The average molecular weight is 257 g/mol. The number of aromatic nitrogens is 1. The Morgan fingerprint density at radius 2 is 2.06 bits per heavy atom. The zero-order chi connectivity index (χ0) is 13.0. The van der Waals surface area contributed by atoms with Crippen LogP contribution in [0.25, 0.3) is 0 Å². The molecule has 0 aromatic carbocycles. The molecule has 0 bridgehead atoms. The molecule has 2 rings (SSSR count). The van der Waals surface area contributed by atoms with Crippen molar-refractivity contribution in [3.8, 4) is 0 Å². The van der Waals surface area contributed by atoms with Crippen LogP contribution in [0.5, 0.6) is 0 Å². The van der Waals surface area contributed by atoms with Crippen molar-refractivity contribution in [2.75, 3.05) is 37.4 Å². The highest BCUT2D eigenvalue weighted by atomic mass is 19.1. The molecule has 2 N–H and O–H groups in total. The van der Waals surface area contributed by atoms with E-state index in [1.54, 1.807) is 0 Å². The molecular formula is C12H17F2N3O. The fourth-order valence-corrected chi connectivity index (χ4v) is 1.54. The van der Waals surface area contributed by atoms with Crippen LogP contribution in [-0.2, 0) is 4.74 Å². The van der Waals surface area contributed by atoms with Gasteiger partial charge in [0.05, 0.1) is 6.61 Å². The first kappa shape index (κ1) is 13.0. The van der Waals surface area contributed by atoms with E-state index in [0.717, 1.165) is 12.7 Å². The second kappa shape index (κ2) is 5.95. The van der Waals surface area contributed by atoms with Crippen LogP contribution < -0.4 is 10.6 Å². The summed E-state index contributed by atoms with van der Waals surface area (Å²) in [5.41, 5.74) is 0. The molecule has 1 aliphatic carbocycles. The van der Waals surface area contributed by atoms with E-state index >= 15 is 0 Å². The summed E-state index contributed by atoms with van der Waals surface area (Å²) < 4.78 is 31.9. The van der Waals surface area contributed by atoms with Crippen molar-refractivity contribution in [3.63, 3.8) is 0 Å². The van der Waals surface area contributed by atoms with Crippen LogP contribution in [-0.4, -0.2) is 31.8 Å². The van der Waals surface area contributed by atoms with Gasteiger partial charge in [0.25, 0.3) is 0 Å². The highest BCUT2D eigenvalue weighted by Crippen LogP contribution is 2.28. The first-order chi connectivity index (χ1) is 8.70. The van der Waals surface area contributed by atoms with Crippen molar-refractivity contribution >= 4 is 11.6 Å². The second-order valence-corrected chi connectivity index (χ2v) is 4.34. The number of nitrogens with zero attached hydrogens (tertiary/aromatic N) is 1. The fraction of sp³-hybridized carbons (Fsp3) is 0.583. The van der Waals surface area contributed by atoms with E-state index in [0.29, 0.717) is 19.1 Å². The molecule has 1 fully saturated rings. The van der Waals surface area contributed by atoms with E-state index in [1.807, 2.05) is 0 Å². The van der Waals surface area contributed by atoms with E-state index in [2.05, 4.69) is 15.6 Å². The molecule has 4 nitrogen and oxygen atoms in total. The first-order valence-electron chi connectivity index (χ1n) is 6.06. The number of anilines is 2. The highest BCUT2D eigenvalue weighted by Gasteiger charge is 2.20. The Morgan fingerprint density at radius 1 is 1.33 bits per heavy atom. The van der Waals surface area contributed by atoms with Gasteiger partial charge in [-0.3, -0.25) is 0 Å². The van der Waals surface area contributed by atoms with Crippen molar-refractivity contribution in [2.24, 2.45) is 5.92 Å². The molecule has 0 amide bonds. The summed E-state index contributed by atoms with van der Waals surface area (Å²) in [6, 6.07) is 0.812. The topological polar surface area (TPSA) is 46.2 Å². The Bertz CT molecular complexity index is 411. The lowest BCUT2D eigenvalue weighted by molar-refractivity contribution is 0.134. The molecule has 1 aromatic rings. The number of rotatable bonds is 7. The predicted molar refractivity (Wildman–Crippen MR) is 65.7 cm³/mol. The molecule has 0 spiro atoms. The zero-order valence-corrected chi connectivity index (χ0v) is 10.3. The molecule has 0 unspecified atom stereocenters. The van der Waals surface area contributed by atoms with Gasteiger partial charge in [-0.05, 0) is 18.8 Å². The van der Waals surface area contributed by atoms with Crippen molar-refractivity contribution < 1.29 is 13.5 Å². The maximum Gasteiger partial charge on any atom is 0.168 e. The monoisotopic (exact) mass is 257 g/mol. The van der Waals surface area contributed by atoms with Crippen molar-refractivity contribution in [1.82, 2.24) is 4.98 Å². The third kappa shape index (κ3) is 3.53. The average Bonchev–Trinajstić information content (AvgIpc) is 3.15. The van der Waals surface area contributed by atoms with Crippen LogP contribution in [0.4, 0.5) is 20.4 Å². The summed E-state index contributed by atoms with van der Waals surface area (Å²) in [4.78, 5) is 3.81. The van der Waals surface area contributed by atoms with Gasteiger partial charge in [-0.15, -0.1) is 0 Å². The van der Waals surface area contributed by atoms with E-state index in [-0.39, 0.29) is 11.6 Å². The second-order valence-electron chi connectivity index (χ2n) is 4.34. The minimum atomic E-state index is -0.703. The first-order valence-corrected chi connectivity index (χ1v) is 6.06. The molecule has 18 heavy (non-hydrogen) atoms. The van der Waals surface area contributed by atoms with Crippen molar-refractivity contribution in [3.05, 3.63) is 17.7 Å². The summed E-state index contributed by atoms with van der Waals surface area (Å²) >= 11 is 0. The molecule has 6 heteroatoms. The summed E-state index contributed by atoms with van der Waals surface area (Å²) in [5.74, 6) is -0.630. The van der Waals surface area contributed by atoms with Crippen LogP contribution in [0.1, 0.15) is 12.8 Å². The summed E-state index contributed by atoms with van der Waals surface area (Å²) in [5, 5.41) is 5.35. The normalized spacial score (nSPS) is 14.6. The van der Waals surface area contributed by atoms with E-state index in [4.69, 9.17) is 4.74 Å². The fourth-order valence-electron chi connectivity index (χ4n) is 1.54. The largest absolute Gasteiger partial charge is 0.379 e. The molecule has 1 aromatic heterocycles. The number of pyridine rings is 1. The standard InChI is InChI=1S/C12H17F2N3O/c1-15-11-9(13)6-10(14)12(17-11)16-4-5-18-7-8-2-3-8/h6,8H,2-5,7H2,1H3,(H2,15,16,17). The van der Waals surface area contributed by atoms with Gasteiger partial charge in [0, 0.05) is 26.3 Å². The Kier molecular flexibility index (Phi) is 4.30. The van der Waals surface area contributed by atoms with E-state index < -0.39 is 11.6 Å². The third-order valence-corrected chi connectivity index (χ3v) is 2.76. The Balaban J connectivity index is 1.79. The number of hydrogen-bond donors (Lipinski definition) is 2. The molecule has 1 aliphatic rings. The SMILES string of the molecule is CNc1nc(NCCOCC2CC2)c(F)cc1F. The molecule has 0 radical (unpaired) electrons. The molecule has 0 aliphatic heterocycles. The third-order valence-electron chi connectivity index (χ3n) is 2.76. The number of halogens is 2. The Morgan fingerprint density at radius 3 is 2.72 bits per heavy atom. The van der Waals surface area contributed by atoms with Crippen LogP contribution in [0.3, 0.4) is 0 Å². The summed E-state index contributed by atoms with van der Waals surface area (Å²) in [6.45, 7) is 1.71. The maximum atomic E-state index is 13.4. The summed E-state index contributed by atoms with van der Waals surface area (Å²) in [6.07, 6.45) is 2.49. The zero-order valence-electron chi connectivity index (χ0n) is 10.3. The number of hydrogen-bond acceptors (Lipinski definition) is 4. The highest BCUT2D eigenvalue weighted by molar-refractivity contribution is 5.47. The minimum Gasteiger partial charge on any atom is -0.379 e. The van der Waals surface area contributed by atoms with Gasteiger partial charge < -0.3 is 15.4 Å². The number of nitrogens with one attached hydrogen (secondary N) is 2. The smallest absolute Gasteiger partial charge is 0.168 e. The maximum absolute atomic E-state index is 13.4. The lowest BCUT2D eigenvalue weighted by atomic mass is 10.4. The van der Waals surface area contributed by atoms with Crippen LogP contribution >= 0.6 is 0 Å².